The number of benzene rings is 2. The summed E-state index contributed by atoms with van der Waals surface area (Å²) in [4.78, 5) is 0. The average molecular weight is 282 g/mol. The molecule has 2 heteroatoms. The van der Waals surface area contributed by atoms with Gasteiger partial charge in [-0.3, -0.25) is 0 Å². The number of ether oxygens (including phenoxy) is 1. The molecule has 2 aromatic rings. The highest BCUT2D eigenvalue weighted by Gasteiger charge is 2.21. The van der Waals surface area contributed by atoms with Gasteiger partial charge < -0.3 is 4.74 Å². The van der Waals surface area contributed by atoms with Gasteiger partial charge in [0, 0.05) is 12.2 Å². The molecule has 2 aliphatic rings. The van der Waals surface area contributed by atoms with E-state index in [0.29, 0.717) is 0 Å². The van der Waals surface area contributed by atoms with Crippen LogP contribution in [-0.4, -0.2) is 5.75 Å². The number of rotatable bonds is 1. The third-order valence-electron chi connectivity index (χ3n) is 4.34. The molecule has 20 heavy (non-hydrogen) atoms. The lowest BCUT2D eigenvalue weighted by Gasteiger charge is -2.27. The zero-order chi connectivity index (χ0) is 13.4. The van der Waals surface area contributed by atoms with Crippen molar-refractivity contribution in [3.63, 3.8) is 0 Å². The first kappa shape index (κ1) is 12.5. The molecule has 0 saturated carbocycles. The van der Waals surface area contributed by atoms with Crippen LogP contribution in [0.2, 0.25) is 0 Å². The number of aryl methyl sites for hydroxylation is 1. The van der Waals surface area contributed by atoms with Gasteiger partial charge in [0.1, 0.15) is 0 Å². The summed E-state index contributed by atoms with van der Waals surface area (Å²) in [5.41, 5.74) is 7.19. The smallest absolute Gasteiger partial charge is 0.0870 e. The summed E-state index contributed by atoms with van der Waals surface area (Å²) >= 11 is 2.04. The fourth-order valence-corrected chi connectivity index (χ4v) is 4.15. The number of hydrogen-bond acceptors (Lipinski definition) is 2. The highest BCUT2D eigenvalue weighted by atomic mass is 32.2. The van der Waals surface area contributed by atoms with Gasteiger partial charge in [0.05, 0.1) is 12.7 Å². The van der Waals surface area contributed by atoms with Crippen molar-refractivity contribution in [1.29, 1.82) is 0 Å². The van der Waals surface area contributed by atoms with Crippen LogP contribution in [0.25, 0.3) is 0 Å². The Hall–Kier alpha value is -1.25. The van der Waals surface area contributed by atoms with Crippen LogP contribution >= 0.6 is 11.8 Å². The minimum Gasteiger partial charge on any atom is -0.368 e. The fourth-order valence-electron chi connectivity index (χ4n) is 3.14. The maximum atomic E-state index is 6.08. The van der Waals surface area contributed by atoms with Crippen LogP contribution in [0.4, 0.5) is 0 Å². The van der Waals surface area contributed by atoms with Gasteiger partial charge in [0.25, 0.3) is 0 Å². The first-order valence-electron chi connectivity index (χ1n) is 7.28. The van der Waals surface area contributed by atoms with E-state index in [1.807, 2.05) is 11.8 Å². The van der Waals surface area contributed by atoms with Gasteiger partial charge in [0.2, 0.25) is 0 Å². The van der Waals surface area contributed by atoms with Crippen molar-refractivity contribution < 1.29 is 4.74 Å². The second-order valence-electron chi connectivity index (χ2n) is 5.60. The molecule has 2 aliphatic heterocycles. The van der Waals surface area contributed by atoms with Gasteiger partial charge in [0.15, 0.2) is 0 Å². The van der Waals surface area contributed by atoms with E-state index in [-0.39, 0.29) is 6.10 Å². The molecule has 0 spiro atoms. The normalized spacial score (nSPS) is 21.1. The summed E-state index contributed by atoms with van der Waals surface area (Å²) in [6, 6.07) is 15.6. The second-order valence-corrected chi connectivity index (χ2v) is 6.71. The summed E-state index contributed by atoms with van der Waals surface area (Å²) < 4.78 is 6.08. The molecule has 1 atom stereocenters. The standard InChI is InChI=1S/C18H18OS/c1-2-4-16-11-19-18(10-13(16)3-1)15-5-6-17-12-20-8-7-14(17)9-15/h1-6,9,18H,7-8,10-12H2. The van der Waals surface area contributed by atoms with Crippen LogP contribution in [-0.2, 0) is 29.9 Å². The molecule has 102 valence electrons. The Morgan fingerprint density at radius 3 is 2.80 bits per heavy atom. The predicted molar refractivity (Wildman–Crippen MR) is 84.0 cm³/mol. The molecule has 0 amide bonds. The SMILES string of the molecule is c1ccc2c(c1)COC(c1ccc3c(c1)CCSC3)C2. The van der Waals surface area contributed by atoms with Crippen molar-refractivity contribution in [2.75, 3.05) is 5.75 Å². The zero-order valence-electron chi connectivity index (χ0n) is 11.5. The molecule has 4 rings (SSSR count). The Morgan fingerprint density at radius 1 is 0.950 bits per heavy atom. The van der Waals surface area contributed by atoms with Crippen LogP contribution in [0, 0.1) is 0 Å². The Balaban J connectivity index is 1.63. The molecule has 1 nitrogen and oxygen atoms in total. The molecule has 0 aromatic heterocycles. The Kier molecular flexibility index (Phi) is 3.29. The molecule has 0 bridgehead atoms. The number of fused-ring (bicyclic) bond motifs is 2. The predicted octanol–water partition coefficient (Wildman–Crippen LogP) is 4.29. The topological polar surface area (TPSA) is 9.23 Å². The van der Waals surface area contributed by atoms with Crippen LogP contribution < -0.4 is 0 Å². The summed E-state index contributed by atoms with van der Waals surface area (Å²) in [5.74, 6) is 2.43. The van der Waals surface area contributed by atoms with Crippen molar-refractivity contribution >= 4 is 11.8 Å². The van der Waals surface area contributed by atoms with Crippen LogP contribution in [0.3, 0.4) is 0 Å². The summed E-state index contributed by atoms with van der Waals surface area (Å²) in [5, 5.41) is 0. The van der Waals surface area contributed by atoms with Crippen LogP contribution in [0.15, 0.2) is 42.5 Å². The lowest BCUT2D eigenvalue weighted by atomic mass is 9.93. The van der Waals surface area contributed by atoms with Crippen molar-refractivity contribution in [2.24, 2.45) is 0 Å². The van der Waals surface area contributed by atoms with Gasteiger partial charge >= 0.3 is 0 Å². The Labute approximate surface area is 124 Å². The van der Waals surface area contributed by atoms with Crippen LogP contribution in [0.5, 0.6) is 0 Å². The molecule has 0 fully saturated rings. The van der Waals surface area contributed by atoms with E-state index in [9.17, 15) is 0 Å². The molecule has 0 radical (unpaired) electrons. The van der Waals surface area contributed by atoms with Gasteiger partial charge in [-0.25, -0.2) is 0 Å². The maximum absolute atomic E-state index is 6.08. The molecule has 2 aromatic carbocycles. The van der Waals surface area contributed by atoms with Crippen molar-refractivity contribution in [3.05, 3.63) is 70.3 Å². The van der Waals surface area contributed by atoms with Gasteiger partial charge in [-0.05, 0) is 40.0 Å². The largest absolute Gasteiger partial charge is 0.368 e. The van der Waals surface area contributed by atoms with E-state index in [1.165, 1.54) is 45.7 Å². The third-order valence-corrected chi connectivity index (χ3v) is 5.35. The monoisotopic (exact) mass is 282 g/mol. The molecule has 2 heterocycles. The Bertz CT molecular complexity index is 635. The van der Waals surface area contributed by atoms with E-state index < -0.39 is 0 Å². The summed E-state index contributed by atoms with van der Waals surface area (Å²) in [7, 11) is 0. The quantitative estimate of drug-likeness (QED) is 0.771. The molecule has 0 N–H and O–H groups in total. The second kappa shape index (κ2) is 5.27. The summed E-state index contributed by atoms with van der Waals surface area (Å²) in [6.45, 7) is 0.744. The van der Waals surface area contributed by atoms with Gasteiger partial charge in [-0.1, -0.05) is 42.5 Å². The van der Waals surface area contributed by atoms with Gasteiger partial charge in [-0.2, -0.15) is 11.8 Å². The lowest BCUT2D eigenvalue weighted by molar-refractivity contribution is 0.0274. The van der Waals surface area contributed by atoms with E-state index in [2.05, 4.69) is 42.5 Å². The fraction of sp³-hybridized carbons (Fsp3) is 0.333. The average Bonchev–Trinajstić information content (AvgIpc) is 2.54. The van der Waals surface area contributed by atoms with Crippen molar-refractivity contribution in [2.45, 2.75) is 31.3 Å². The molecule has 0 aliphatic carbocycles. The van der Waals surface area contributed by atoms with Gasteiger partial charge in [-0.15, -0.1) is 0 Å². The van der Waals surface area contributed by atoms with Crippen molar-refractivity contribution in [1.82, 2.24) is 0 Å². The molecular weight excluding hydrogens is 264 g/mol. The number of thioether (sulfide) groups is 1. The van der Waals surface area contributed by atoms with Crippen molar-refractivity contribution in [3.8, 4) is 0 Å². The minimum atomic E-state index is 0.227. The Morgan fingerprint density at radius 2 is 1.85 bits per heavy atom. The first-order chi connectivity index (χ1) is 9.90. The van der Waals surface area contributed by atoms with E-state index in [4.69, 9.17) is 4.74 Å². The zero-order valence-corrected chi connectivity index (χ0v) is 12.3. The maximum Gasteiger partial charge on any atom is 0.0870 e. The van der Waals surface area contributed by atoms with E-state index in [1.54, 1.807) is 0 Å². The lowest BCUT2D eigenvalue weighted by Crippen LogP contribution is -2.16. The number of hydrogen-bond donors (Lipinski definition) is 0. The minimum absolute atomic E-state index is 0.227. The van der Waals surface area contributed by atoms with E-state index >= 15 is 0 Å². The third kappa shape index (κ3) is 2.27. The highest BCUT2D eigenvalue weighted by molar-refractivity contribution is 7.98. The molecule has 1 unspecified atom stereocenters. The first-order valence-corrected chi connectivity index (χ1v) is 8.43. The van der Waals surface area contributed by atoms with Crippen LogP contribution in [0.1, 0.15) is 33.9 Å². The highest BCUT2D eigenvalue weighted by Crippen LogP contribution is 2.33. The summed E-state index contributed by atoms with van der Waals surface area (Å²) in [6.07, 6.45) is 2.44. The van der Waals surface area contributed by atoms with E-state index in [0.717, 1.165) is 13.0 Å². The molecular formula is C18H18OS. The molecule has 0 saturated heterocycles.